The van der Waals surface area contributed by atoms with Gasteiger partial charge in [0.2, 0.25) is 0 Å². The average Bonchev–Trinajstić information content (AvgIpc) is 2.82. The SMILES string of the molecule is CC1CNC(Cc2ccccc2)CN1C1CCS(=O)(=O)C1. The summed E-state index contributed by atoms with van der Waals surface area (Å²) in [4.78, 5) is 2.41. The quantitative estimate of drug-likeness (QED) is 0.908. The lowest BCUT2D eigenvalue weighted by atomic mass is 10.00. The first-order chi connectivity index (χ1) is 10.0. The molecule has 0 bridgehead atoms. The lowest BCUT2D eigenvalue weighted by Crippen LogP contribution is -2.59. The third-order valence-corrected chi connectivity index (χ3v) is 6.45. The van der Waals surface area contributed by atoms with E-state index in [1.165, 1.54) is 5.56 Å². The Kier molecular flexibility index (Phi) is 4.33. The summed E-state index contributed by atoms with van der Waals surface area (Å²) < 4.78 is 23.4. The minimum absolute atomic E-state index is 0.213. The summed E-state index contributed by atoms with van der Waals surface area (Å²) in [5.41, 5.74) is 1.34. The van der Waals surface area contributed by atoms with Crippen molar-refractivity contribution in [1.82, 2.24) is 10.2 Å². The molecule has 2 fully saturated rings. The lowest BCUT2D eigenvalue weighted by Gasteiger charge is -2.42. The van der Waals surface area contributed by atoms with Crippen LogP contribution in [0.25, 0.3) is 0 Å². The third-order valence-electron chi connectivity index (χ3n) is 4.70. The third kappa shape index (κ3) is 3.65. The van der Waals surface area contributed by atoms with Gasteiger partial charge in [0, 0.05) is 31.2 Å². The number of nitrogens with zero attached hydrogens (tertiary/aromatic N) is 1. The van der Waals surface area contributed by atoms with Crippen molar-refractivity contribution in [2.24, 2.45) is 0 Å². The predicted octanol–water partition coefficient (Wildman–Crippen LogP) is 1.08. The van der Waals surface area contributed by atoms with Crippen LogP contribution < -0.4 is 5.32 Å². The maximum absolute atomic E-state index is 11.7. The van der Waals surface area contributed by atoms with E-state index in [1.807, 2.05) is 6.07 Å². The number of sulfone groups is 1. The topological polar surface area (TPSA) is 49.4 Å². The van der Waals surface area contributed by atoms with E-state index in [9.17, 15) is 8.42 Å². The van der Waals surface area contributed by atoms with Gasteiger partial charge in [0.05, 0.1) is 11.5 Å². The Morgan fingerprint density at radius 2 is 2.05 bits per heavy atom. The van der Waals surface area contributed by atoms with Gasteiger partial charge in [0.15, 0.2) is 9.84 Å². The second-order valence-electron chi connectivity index (χ2n) is 6.40. The van der Waals surface area contributed by atoms with Gasteiger partial charge in [0.25, 0.3) is 0 Å². The van der Waals surface area contributed by atoms with Crippen LogP contribution in [0.4, 0.5) is 0 Å². The van der Waals surface area contributed by atoms with Crippen LogP contribution in [0.2, 0.25) is 0 Å². The summed E-state index contributed by atoms with van der Waals surface area (Å²) >= 11 is 0. The van der Waals surface area contributed by atoms with Gasteiger partial charge in [-0.3, -0.25) is 4.90 Å². The van der Waals surface area contributed by atoms with Gasteiger partial charge in [-0.1, -0.05) is 30.3 Å². The molecule has 5 heteroatoms. The summed E-state index contributed by atoms with van der Waals surface area (Å²) in [6.45, 7) is 4.07. The fourth-order valence-corrected chi connectivity index (χ4v) is 5.28. The van der Waals surface area contributed by atoms with Crippen molar-refractivity contribution in [3.05, 3.63) is 35.9 Å². The zero-order chi connectivity index (χ0) is 14.9. The van der Waals surface area contributed by atoms with E-state index in [1.54, 1.807) is 0 Å². The van der Waals surface area contributed by atoms with E-state index in [4.69, 9.17) is 0 Å². The summed E-state index contributed by atoms with van der Waals surface area (Å²) in [5, 5.41) is 3.60. The molecule has 4 nitrogen and oxygen atoms in total. The largest absolute Gasteiger partial charge is 0.311 e. The smallest absolute Gasteiger partial charge is 0.151 e. The molecule has 3 unspecified atom stereocenters. The molecule has 0 spiro atoms. The van der Waals surface area contributed by atoms with Gasteiger partial charge in [0.1, 0.15) is 0 Å². The van der Waals surface area contributed by atoms with Crippen molar-refractivity contribution in [3.8, 4) is 0 Å². The number of piperazine rings is 1. The average molecular weight is 308 g/mol. The molecular weight excluding hydrogens is 284 g/mol. The number of hydrogen-bond donors (Lipinski definition) is 1. The molecule has 2 heterocycles. The molecule has 2 aliphatic heterocycles. The fraction of sp³-hybridized carbons (Fsp3) is 0.625. The molecule has 0 aromatic heterocycles. The summed E-state index contributed by atoms with van der Waals surface area (Å²) in [7, 11) is -2.81. The van der Waals surface area contributed by atoms with Crippen molar-refractivity contribution in [2.45, 2.75) is 37.9 Å². The van der Waals surface area contributed by atoms with E-state index >= 15 is 0 Å². The van der Waals surface area contributed by atoms with Crippen LogP contribution in [-0.4, -0.2) is 56.0 Å². The second-order valence-corrected chi connectivity index (χ2v) is 8.63. The van der Waals surface area contributed by atoms with Crippen LogP contribution in [0, 0.1) is 0 Å². The first-order valence-corrected chi connectivity index (χ1v) is 9.59. The van der Waals surface area contributed by atoms with Crippen LogP contribution in [-0.2, 0) is 16.3 Å². The fourth-order valence-electron chi connectivity index (χ4n) is 3.53. The predicted molar refractivity (Wildman–Crippen MR) is 85.2 cm³/mol. The molecule has 2 aliphatic rings. The first kappa shape index (κ1) is 15.0. The highest BCUT2D eigenvalue weighted by Gasteiger charge is 2.37. The summed E-state index contributed by atoms with van der Waals surface area (Å²) in [6.07, 6.45) is 1.80. The van der Waals surface area contributed by atoms with E-state index in [2.05, 4.69) is 41.4 Å². The molecule has 3 atom stereocenters. The first-order valence-electron chi connectivity index (χ1n) is 7.77. The molecule has 1 aromatic rings. The molecule has 0 amide bonds. The van der Waals surface area contributed by atoms with Gasteiger partial charge in [-0.15, -0.1) is 0 Å². The molecule has 21 heavy (non-hydrogen) atoms. The van der Waals surface area contributed by atoms with Gasteiger partial charge >= 0.3 is 0 Å². The monoisotopic (exact) mass is 308 g/mol. The number of rotatable bonds is 3. The maximum Gasteiger partial charge on any atom is 0.151 e. The maximum atomic E-state index is 11.7. The molecule has 2 saturated heterocycles. The van der Waals surface area contributed by atoms with E-state index in [0.717, 1.165) is 25.9 Å². The lowest BCUT2D eigenvalue weighted by molar-refractivity contribution is 0.102. The molecule has 0 aliphatic carbocycles. The Bertz CT molecular complexity index is 573. The minimum Gasteiger partial charge on any atom is -0.311 e. The van der Waals surface area contributed by atoms with Crippen molar-refractivity contribution in [3.63, 3.8) is 0 Å². The van der Waals surface area contributed by atoms with Crippen molar-refractivity contribution in [2.75, 3.05) is 24.6 Å². The zero-order valence-corrected chi connectivity index (χ0v) is 13.3. The highest BCUT2D eigenvalue weighted by molar-refractivity contribution is 7.91. The number of hydrogen-bond acceptors (Lipinski definition) is 4. The van der Waals surface area contributed by atoms with Crippen LogP contribution >= 0.6 is 0 Å². The molecule has 1 aromatic carbocycles. The Morgan fingerprint density at radius 1 is 1.29 bits per heavy atom. The molecule has 0 radical (unpaired) electrons. The molecule has 116 valence electrons. The van der Waals surface area contributed by atoms with Gasteiger partial charge in [-0.05, 0) is 25.3 Å². The second kappa shape index (κ2) is 6.07. The molecule has 0 saturated carbocycles. The van der Waals surface area contributed by atoms with Crippen molar-refractivity contribution < 1.29 is 8.42 Å². The number of nitrogens with one attached hydrogen (secondary N) is 1. The minimum atomic E-state index is -2.81. The molecule has 1 N–H and O–H groups in total. The Balaban J connectivity index is 1.65. The van der Waals surface area contributed by atoms with Gasteiger partial charge < -0.3 is 5.32 Å². The Morgan fingerprint density at radius 3 is 2.71 bits per heavy atom. The highest BCUT2D eigenvalue weighted by atomic mass is 32.2. The number of benzene rings is 1. The van der Waals surface area contributed by atoms with Crippen LogP contribution in [0.15, 0.2) is 30.3 Å². The standard InChI is InChI=1S/C16H24N2O2S/c1-13-10-17-15(9-14-5-3-2-4-6-14)11-18(13)16-7-8-21(19,20)12-16/h2-6,13,15-17H,7-12H2,1H3. The Hall–Kier alpha value is -0.910. The van der Waals surface area contributed by atoms with Crippen molar-refractivity contribution >= 4 is 9.84 Å². The van der Waals surface area contributed by atoms with E-state index in [-0.39, 0.29) is 6.04 Å². The molecular formula is C16H24N2O2S. The molecule has 3 rings (SSSR count). The van der Waals surface area contributed by atoms with Gasteiger partial charge in [-0.25, -0.2) is 8.42 Å². The normalized spacial score (nSPS) is 33.1. The highest BCUT2D eigenvalue weighted by Crippen LogP contribution is 2.22. The summed E-state index contributed by atoms with van der Waals surface area (Å²) in [6, 6.07) is 11.5. The van der Waals surface area contributed by atoms with Crippen LogP contribution in [0.3, 0.4) is 0 Å². The van der Waals surface area contributed by atoms with Crippen LogP contribution in [0.1, 0.15) is 18.9 Å². The van der Waals surface area contributed by atoms with Crippen LogP contribution in [0.5, 0.6) is 0 Å². The Labute approximate surface area is 127 Å². The van der Waals surface area contributed by atoms with Crippen molar-refractivity contribution in [1.29, 1.82) is 0 Å². The van der Waals surface area contributed by atoms with E-state index < -0.39 is 9.84 Å². The summed E-state index contributed by atoms with van der Waals surface area (Å²) in [5.74, 6) is 0.701. The van der Waals surface area contributed by atoms with Gasteiger partial charge in [-0.2, -0.15) is 0 Å². The zero-order valence-electron chi connectivity index (χ0n) is 12.5. The van der Waals surface area contributed by atoms with E-state index in [0.29, 0.717) is 23.6 Å².